The van der Waals surface area contributed by atoms with Gasteiger partial charge in [-0.15, -0.1) is 0 Å². The van der Waals surface area contributed by atoms with Crippen molar-refractivity contribution in [2.45, 2.75) is 38.8 Å². The summed E-state index contributed by atoms with van der Waals surface area (Å²) in [4.78, 5) is 0. The number of benzene rings is 3. The van der Waals surface area contributed by atoms with Gasteiger partial charge in [-0.2, -0.15) is 0 Å². The average Bonchev–Trinajstić information content (AvgIpc) is 2.83. The Balaban J connectivity index is 1.82. The maximum absolute atomic E-state index is 10.0. The Bertz CT molecular complexity index is 930. The number of para-hydroxylation sites is 1. The van der Waals surface area contributed by atoms with E-state index in [4.69, 9.17) is 13.9 Å². The molecule has 0 saturated carbocycles. The summed E-state index contributed by atoms with van der Waals surface area (Å²) in [6.45, 7) is 9.97. The lowest BCUT2D eigenvalue weighted by atomic mass is 10.1. The standard InChI is InChI=1S/C28H36O4Si/c1-5-30-26-19-13-12-18-25(26)27(22-29)31-20-21-32-33(28(2,3)4,23-14-8-6-9-15-23)24-16-10-7-11-17-24/h6-19,27,29H,5,20-22H2,1-4H3. The van der Waals surface area contributed by atoms with Crippen LogP contribution >= 0.6 is 0 Å². The zero-order valence-electron chi connectivity index (χ0n) is 20.2. The fraction of sp³-hybridized carbons (Fsp3) is 0.357. The van der Waals surface area contributed by atoms with Crippen molar-refractivity contribution in [1.82, 2.24) is 0 Å². The molecular formula is C28H36O4Si. The molecule has 0 spiro atoms. The molecule has 3 rings (SSSR count). The van der Waals surface area contributed by atoms with Crippen molar-refractivity contribution in [3.8, 4) is 5.75 Å². The Morgan fingerprint density at radius 3 is 1.85 bits per heavy atom. The Hall–Kier alpha value is -2.44. The van der Waals surface area contributed by atoms with Crippen molar-refractivity contribution in [3.05, 3.63) is 90.5 Å². The molecule has 0 aliphatic rings. The minimum Gasteiger partial charge on any atom is -0.493 e. The van der Waals surface area contributed by atoms with Gasteiger partial charge in [0.1, 0.15) is 11.9 Å². The van der Waals surface area contributed by atoms with E-state index >= 15 is 0 Å². The van der Waals surface area contributed by atoms with E-state index < -0.39 is 14.4 Å². The number of rotatable bonds is 11. The van der Waals surface area contributed by atoms with Crippen LogP contribution < -0.4 is 15.1 Å². The molecule has 1 atom stereocenters. The van der Waals surface area contributed by atoms with Gasteiger partial charge in [0, 0.05) is 5.56 Å². The molecule has 0 aliphatic carbocycles. The third-order valence-corrected chi connectivity index (χ3v) is 10.9. The van der Waals surface area contributed by atoms with E-state index in [9.17, 15) is 5.11 Å². The molecule has 0 saturated heterocycles. The summed E-state index contributed by atoms with van der Waals surface area (Å²) < 4.78 is 18.7. The highest BCUT2D eigenvalue weighted by Crippen LogP contribution is 2.36. The highest BCUT2D eigenvalue weighted by atomic mass is 28.4. The van der Waals surface area contributed by atoms with Crippen molar-refractivity contribution < 1.29 is 19.0 Å². The molecule has 0 radical (unpaired) electrons. The van der Waals surface area contributed by atoms with E-state index in [1.165, 1.54) is 10.4 Å². The van der Waals surface area contributed by atoms with Crippen LogP contribution in [-0.4, -0.2) is 39.9 Å². The molecular weight excluding hydrogens is 428 g/mol. The summed E-state index contributed by atoms with van der Waals surface area (Å²) in [5.74, 6) is 0.743. The predicted molar refractivity (Wildman–Crippen MR) is 137 cm³/mol. The molecule has 5 heteroatoms. The van der Waals surface area contributed by atoms with Gasteiger partial charge in [0.15, 0.2) is 0 Å². The second kappa shape index (κ2) is 11.6. The molecule has 3 aromatic rings. The van der Waals surface area contributed by atoms with Crippen molar-refractivity contribution in [2.24, 2.45) is 0 Å². The predicted octanol–water partition coefficient (Wildman–Crippen LogP) is 4.71. The minimum atomic E-state index is -2.60. The van der Waals surface area contributed by atoms with Gasteiger partial charge in [0.25, 0.3) is 8.32 Å². The van der Waals surface area contributed by atoms with Gasteiger partial charge in [0.05, 0.1) is 26.4 Å². The smallest absolute Gasteiger partial charge is 0.261 e. The molecule has 0 aliphatic heterocycles. The van der Waals surface area contributed by atoms with Gasteiger partial charge >= 0.3 is 0 Å². The summed E-state index contributed by atoms with van der Waals surface area (Å²) in [6.07, 6.45) is -0.462. The van der Waals surface area contributed by atoms with Crippen LogP contribution in [0.3, 0.4) is 0 Å². The van der Waals surface area contributed by atoms with Gasteiger partial charge < -0.3 is 19.0 Å². The lowest BCUT2D eigenvalue weighted by Gasteiger charge is -2.43. The minimum absolute atomic E-state index is 0.0896. The van der Waals surface area contributed by atoms with E-state index in [2.05, 4.69) is 69.3 Å². The van der Waals surface area contributed by atoms with Crippen LogP contribution in [0.25, 0.3) is 0 Å². The van der Waals surface area contributed by atoms with Crippen molar-refractivity contribution in [3.63, 3.8) is 0 Å². The Morgan fingerprint density at radius 2 is 1.33 bits per heavy atom. The van der Waals surface area contributed by atoms with Gasteiger partial charge in [-0.05, 0) is 28.4 Å². The van der Waals surface area contributed by atoms with Crippen molar-refractivity contribution in [1.29, 1.82) is 0 Å². The molecule has 0 fully saturated rings. The fourth-order valence-electron chi connectivity index (χ4n) is 4.42. The summed E-state index contributed by atoms with van der Waals surface area (Å²) >= 11 is 0. The Morgan fingerprint density at radius 1 is 0.788 bits per heavy atom. The molecule has 33 heavy (non-hydrogen) atoms. The van der Waals surface area contributed by atoms with Crippen LogP contribution in [0.2, 0.25) is 5.04 Å². The van der Waals surface area contributed by atoms with Crippen LogP contribution in [0.5, 0.6) is 5.75 Å². The van der Waals surface area contributed by atoms with Crippen LogP contribution in [0.15, 0.2) is 84.9 Å². The molecule has 176 valence electrons. The van der Waals surface area contributed by atoms with Crippen molar-refractivity contribution >= 4 is 18.7 Å². The lowest BCUT2D eigenvalue weighted by Crippen LogP contribution is -2.66. The first kappa shape index (κ1) is 25.2. The summed E-state index contributed by atoms with van der Waals surface area (Å²) in [5.41, 5.74) is 0.854. The summed E-state index contributed by atoms with van der Waals surface area (Å²) in [7, 11) is -2.60. The highest BCUT2D eigenvalue weighted by molar-refractivity contribution is 6.99. The maximum atomic E-state index is 10.0. The monoisotopic (exact) mass is 464 g/mol. The molecule has 3 aromatic carbocycles. The van der Waals surface area contributed by atoms with Gasteiger partial charge in [-0.1, -0.05) is 99.6 Å². The molecule has 0 bridgehead atoms. The Labute approximate surface area is 199 Å². The molecule has 0 heterocycles. The normalized spacial score (nSPS) is 13.0. The number of aliphatic hydroxyl groups is 1. The average molecular weight is 465 g/mol. The van der Waals surface area contributed by atoms with E-state index in [-0.39, 0.29) is 11.6 Å². The van der Waals surface area contributed by atoms with E-state index in [1.807, 2.05) is 43.3 Å². The van der Waals surface area contributed by atoms with Gasteiger partial charge in [0.2, 0.25) is 0 Å². The first-order valence-electron chi connectivity index (χ1n) is 11.6. The largest absolute Gasteiger partial charge is 0.493 e. The first-order chi connectivity index (χ1) is 15.9. The molecule has 1 unspecified atom stereocenters. The highest BCUT2D eigenvalue weighted by Gasteiger charge is 2.50. The van der Waals surface area contributed by atoms with Crippen LogP contribution in [0.1, 0.15) is 39.4 Å². The van der Waals surface area contributed by atoms with Crippen LogP contribution in [-0.2, 0) is 9.16 Å². The van der Waals surface area contributed by atoms with Crippen LogP contribution in [0.4, 0.5) is 0 Å². The van der Waals surface area contributed by atoms with Crippen molar-refractivity contribution in [2.75, 3.05) is 26.4 Å². The number of hydrogen-bond donors (Lipinski definition) is 1. The first-order valence-corrected chi connectivity index (χ1v) is 13.5. The molecule has 0 amide bonds. The third-order valence-electron chi connectivity index (χ3n) is 5.87. The molecule has 0 aromatic heterocycles. The SMILES string of the molecule is CCOc1ccccc1C(CO)OCCO[Si](c1ccccc1)(c1ccccc1)C(C)(C)C. The maximum Gasteiger partial charge on any atom is 0.261 e. The van der Waals surface area contributed by atoms with Gasteiger partial charge in [-0.3, -0.25) is 0 Å². The third kappa shape index (κ3) is 5.74. The lowest BCUT2D eigenvalue weighted by molar-refractivity contribution is -0.00382. The quantitative estimate of drug-likeness (QED) is 0.330. The number of hydrogen-bond acceptors (Lipinski definition) is 4. The van der Waals surface area contributed by atoms with E-state index in [1.54, 1.807) is 0 Å². The number of ether oxygens (including phenoxy) is 2. The van der Waals surface area contributed by atoms with E-state index in [0.717, 1.165) is 11.3 Å². The number of aliphatic hydroxyl groups excluding tert-OH is 1. The second-order valence-corrected chi connectivity index (χ2v) is 13.3. The summed E-state index contributed by atoms with van der Waals surface area (Å²) in [6, 6.07) is 28.8. The second-order valence-electron chi connectivity index (χ2n) is 9.02. The Kier molecular flexibility index (Phi) is 8.86. The van der Waals surface area contributed by atoms with Crippen LogP contribution in [0, 0.1) is 0 Å². The van der Waals surface area contributed by atoms with E-state index in [0.29, 0.717) is 19.8 Å². The zero-order chi connectivity index (χ0) is 23.7. The molecule has 1 N–H and O–H groups in total. The topological polar surface area (TPSA) is 47.9 Å². The van der Waals surface area contributed by atoms with Gasteiger partial charge in [-0.25, -0.2) is 0 Å². The zero-order valence-corrected chi connectivity index (χ0v) is 21.2. The molecule has 4 nitrogen and oxygen atoms in total. The fourth-order valence-corrected chi connectivity index (χ4v) is 8.97. The summed E-state index contributed by atoms with van der Waals surface area (Å²) in [5, 5.41) is 12.4.